The van der Waals surface area contributed by atoms with Gasteiger partial charge in [0.2, 0.25) is 0 Å². The molecule has 1 rings (SSSR count). The van der Waals surface area contributed by atoms with E-state index in [1.54, 1.807) is 24.3 Å². The number of halogens is 1. The van der Waals surface area contributed by atoms with Crippen molar-refractivity contribution in [1.29, 1.82) is 0 Å². The predicted molar refractivity (Wildman–Crippen MR) is 57.5 cm³/mol. The molecule has 0 aliphatic heterocycles. The molecule has 0 saturated heterocycles. The molecule has 0 aliphatic rings. The van der Waals surface area contributed by atoms with Crippen LogP contribution in [0, 0.1) is 12.3 Å². The SMILES string of the molecule is C#CCNCC(=O)c1cccc(Cl)c1. The maximum atomic E-state index is 11.5. The molecule has 0 spiro atoms. The highest BCUT2D eigenvalue weighted by atomic mass is 35.5. The minimum atomic E-state index is -0.0113. The molecule has 3 heteroatoms. The Morgan fingerprint density at radius 1 is 1.57 bits per heavy atom. The topological polar surface area (TPSA) is 29.1 Å². The fraction of sp³-hybridized carbons (Fsp3) is 0.182. The van der Waals surface area contributed by atoms with Gasteiger partial charge in [-0.15, -0.1) is 6.42 Å². The number of ketones is 1. The first kappa shape index (κ1) is 10.8. The van der Waals surface area contributed by atoms with E-state index in [4.69, 9.17) is 18.0 Å². The minimum absolute atomic E-state index is 0.0113. The first-order chi connectivity index (χ1) is 6.74. The van der Waals surface area contributed by atoms with E-state index in [1.165, 1.54) is 0 Å². The van der Waals surface area contributed by atoms with Crippen LogP contribution in [0.4, 0.5) is 0 Å². The Morgan fingerprint density at radius 3 is 3.00 bits per heavy atom. The molecule has 0 heterocycles. The van der Waals surface area contributed by atoms with Gasteiger partial charge in [0.1, 0.15) is 0 Å². The normalized spacial score (nSPS) is 9.43. The van der Waals surface area contributed by atoms with E-state index in [2.05, 4.69) is 11.2 Å². The number of Topliss-reactive ketones (excluding diaryl/α,β-unsaturated/α-hetero) is 1. The molecule has 0 aliphatic carbocycles. The average molecular weight is 208 g/mol. The van der Waals surface area contributed by atoms with Crippen LogP contribution in [0.3, 0.4) is 0 Å². The fourth-order valence-corrected chi connectivity index (χ4v) is 1.20. The molecule has 0 saturated carbocycles. The number of hydrogen-bond acceptors (Lipinski definition) is 2. The molecule has 0 radical (unpaired) electrons. The van der Waals surface area contributed by atoms with Gasteiger partial charge in [-0.1, -0.05) is 29.7 Å². The maximum absolute atomic E-state index is 11.5. The third-order valence-corrected chi connectivity index (χ3v) is 1.89. The van der Waals surface area contributed by atoms with Gasteiger partial charge in [0.25, 0.3) is 0 Å². The molecule has 72 valence electrons. The Bertz CT molecular complexity index is 368. The van der Waals surface area contributed by atoms with Crippen molar-refractivity contribution in [3.63, 3.8) is 0 Å². The van der Waals surface area contributed by atoms with E-state index >= 15 is 0 Å². The van der Waals surface area contributed by atoms with Crippen LogP contribution in [0.2, 0.25) is 5.02 Å². The van der Waals surface area contributed by atoms with E-state index in [9.17, 15) is 4.79 Å². The molecule has 2 nitrogen and oxygen atoms in total. The first-order valence-corrected chi connectivity index (χ1v) is 4.55. The van der Waals surface area contributed by atoms with Crippen LogP contribution in [-0.4, -0.2) is 18.9 Å². The Labute approximate surface area is 88.3 Å². The van der Waals surface area contributed by atoms with E-state index in [0.29, 0.717) is 17.1 Å². The molecular formula is C11H10ClNO. The molecule has 0 bridgehead atoms. The zero-order chi connectivity index (χ0) is 10.4. The van der Waals surface area contributed by atoms with Gasteiger partial charge in [0.15, 0.2) is 5.78 Å². The molecule has 0 aromatic heterocycles. The second kappa shape index (κ2) is 5.43. The number of terminal acetylenes is 1. The maximum Gasteiger partial charge on any atom is 0.176 e. The molecule has 0 amide bonds. The molecule has 0 atom stereocenters. The number of hydrogen-bond donors (Lipinski definition) is 1. The standard InChI is InChI=1S/C11H10ClNO/c1-2-6-13-8-11(14)9-4-3-5-10(12)7-9/h1,3-5,7,13H,6,8H2. The highest BCUT2D eigenvalue weighted by Gasteiger charge is 2.04. The summed E-state index contributed by atoms with van der Waals surface area (Å²) in [6.45, 7) is 0.636. The summed E-state index contributed by atoms with van der Waals surface area (Å²) >= 11 is 5.75. The molecule has 1 aromatic carbocycles. The van der Waals surface area contributed by atoms with Gasteiger partial charge in [-0.2, -0.15) is 0 Å². The monoisotopic (exact) mass is 207 g/mol. The van der Waals surface area contributed by atoms with E-state index < -0.39 is 0 Å². The lowest BCUT2D eigenvalue weighted by molar-refractivity contribution is 0.0992. The van der Waals surface area contributed by atoms with Crippen molar-refractivity contribution in [1.82, 2.24) is 5.32 Å². The summed E-state index contributed by atoms with van der Waals surface area (Å²) in [6, 6.07) is 6.84. The fourth-order valence-electron chi connectivity index (χ4n) is 1.01. The van der Waals surface area contributed by atoms with Crippen molar-refractivity contribution in [2.45, 2.75) is 0 Å². The van der Waals surface area contributed by atoms with E-state index in [-0.39, 0.29) is 12.3 Å². The second-order valence-electron chi connectivity index (χ2n) is 2.74. The lowest BCUT2D eigenvalue weighted by atomic mass is 10.1. The van der Waals surface area contributed by atoms with Gasteiger partial charge in [0.05, 0.1) is 13.1 Å². The van der Waals surface area contributed by atoms with Crippen LogP contribution >= 0.6 is 11.6 Å². The summed E-state index contributed by atoms with van der Waals surface area (Å²) in [5.41, 5.74) is 0.599. The van der Waals surface area contributed by atoms with E-state index in [0.717, 1.165) is 0 Å². The lowest BCUT2D eigenvalue weighted by Crippen LogP contribution is -2.23. The lowest BCUT2D eigenvalue weighted by Gasteiger charge is -2.01. The molecular weight excluding hydrogens is 198 g/mol. The minimum Gasteiger partial charge on any atom is -0.299 e. The summed E-state index contributed by atoms with van der Waals surface area (Å²) in [5.74, 6) is 2.39. The van der Waals surface area contributed by atoms with Gasteiger partial charge in [-0.25, -0.2) is 0 Å². The Balaban J connectivity index is 2.57. The Kier molecular flexibility index (Phi) is 4.18. The zero-order valence-corrected chi connectivity index (χ0v) is 8.34. The molecule has 0 unspecified atom stereocenters. The summed E-state index contributed by atoms with van der Waals surface area (Å²) < 4.78 is 0. The summed E-state index contributed by atoms with van der Waals surface area (Å²) in [4.78, 5) is 11.5. The van der Waals surface area contributed by atoms with Gasteiger partial charge < -0.3 is 0 Å². The van der Waals surface area contributed by atoms with Gasteiger partial charge in [0, 0.05) is 10.6 Å². The quantitative estimate of drug-likeness (QED) is 0.463. The highest BCUT2D eigenvalue weighted by molar-refractivity contribution is 6.31. The largest absolute Gasteiger partial charge is 0.299 e. The summed E-state index contributed by atoms with van der Waals surface area (Å²) in [7, 11) is 0. The van der Waals surface area contributed by atoms with Crippen molar-refractivity contribution < 1.29 is 4.79 Å². The van der Waals surface area contributed by atoms with Gasteiger partial charge >= 0.3 is 0 Å². The number of nitrogens with one attached hydrogen (secondary N) is 1. The average Bonchev–Trinajstić information content (AvgIpc) is 2.18. The predicted octanol–water partition coefficient (Wildman–Crippen LogP) is 1.75. The Morgan fingerprint density at radius 2 is 2.36 bits per heavy atom. The van der Waals surface area contributed by atoms with Crippen LogP contribution in [0.15, 0.2) is 24.3 Å². The van der Waals surface area contributed by atoms with Gasteiger partial charge in [-0.3, -0.25) is 10.1 Å². The number of rotatable bonds is 4. The van der Waals surface area contributed by atoms with Crippen molar-refractivity contribution in [3.05, 3.63) is 34.9 Å². The second-order valence-corrected chi connectivity index (χ2v) is 3.18. The van der Waals surface area contributed by atoms with Crippen molar-refractivity contribution in [2.75, 3.05) is 13.1 Å². The number of benzene rings is 1. The molecule has 0 fully saturated rings. The summed E-state index contributed by atoms with van der Waals surface area (Å²) in [5, 5.41) is 3.39. The van der Waals surface area contributed by atoms with Gasteiger partial charge in [-0.05, 0) is 12.1 Å². The summed E-state index contributed by atoms with van der Waals surface area (Å²) in [6.07, 6.45) is 5.03. The number of carbonyl (C=O) groups excluding carboxylic acids is 1. The van der Waals surface area contributed by atoms with E-state index in [1.807, 2.05) is 0 Å². The third-order valence-electron chi connectivity index (χ3n) is 1.66. The van der Waals surface area contributed by atoms with Crippen LogP contribution < -0.4 is 5.32 Å². The first-order valence-electron chi connectivity index (χ1n) is 4.17. The molecule has 1 aromatic rings. The van der Waals surface area contributed by atoms with Crippen molar-refractivity contribution in [3.8, 4) is 12.3 Å². The molecule has 1 N–H and O–H groups in total. The van der Waals surface area contributed by atoms with Crippen LogP contribution in [0.25, 0.3) is 0 Å². The smallest absolute Gasteiger partial charge is 0.176 e. The van der Waals surface area contributed by atoms with Crippen molar-refractivity contribution >= 4 is 17.4 Å². The molecule has 14 heavy (non-hydrogen) atoms. The van der Waals surface area contributed by atoms with Crippen LogP contribution in [0.5, 0.6) is 0 Å². The number of carbonyl (C=O) groups is 1. The van der Waals surface area contributed by atoms with Crippen LogP contribution in [0.1, 0.15) is 10.4 Å². The Hall–Kier alpha value is -1.30. The highest BCUT2D eigenvalue weighted by Crippen LogP contribution is 2.10. The third kappa shape index (κ3) is 3.21. The van der Waals surface area contributed by atoms with Crippen LogP contribution in [-0.2, 0) is 0 Å². The zero-order valence-electron chi connectivity index (χ0n) is 7.59. The van der Waals surface area contributed by atoms with Crippen molar-refractivity contribution in [2.24, 2.45) is 0 Å².